The summed E-state index contributed by atoms with van der Waals surface area (Å²) in [5.41, 5.74) is 0. The first-order valence-electron chi connectivity index (χ1n) is 4.28. The van der Waals surface area contributed by atoms with Crippen molar-refractivity contribution >= 4 is 5.91 Å². The van der Waals surface area contributed by atoms with E-state index in [0.717, 1.165) is 0 Å². The van der Waals surface area contributed by atoms with Gasteiger partial charge in [-0.05, 0) is 19.3 Å². The minimum Gasteiger partial charge on any atom is -0.347 e. The molecule has 2 saturated heterocycles. The maximum absolute atomic E-state index is 13.1. The van der Waals surface area contributed by atoms with Gasteiger partial charge in [0.15, 0.2) is 0 Å². The summed E-state index contributed by atoms with van der Waals surface area (Å²) in [6.07, 6.45) is 1.27. The van der Waals surface area contributed by atoms with Crippen molar-refractivity contribution in [3.63, 3.8) is 0 Å². The molecule has 1 N–H and O–H groups in total. The molecule has 3 rings (SSSR count). The average molecular weight is 175 g/mol. The molecule has 2 nitrogen and oxygen atoms in total. The Hall–Kier alpha value is -0.670. The zero-order valence-corrected chi connectivity index (χ0v) is 6.65. The molecule has 2 atom stereocenters. The highest BCUT2D eigenvalue weighted by molar-refractivity contribution is 5.80. The SMILES string of the molecule is O=C1NC2CCC1CCC2(F)F. The molecule has 0 spiro atoms. The van der Waals surface area contributed by atoms with Crippen LogP contribution < -0.4 is 5.32 Å². The second-order valence-electron chi connectivity index (χ2n) is 3.64. The minimum atomic E-state index is -2.68. The maximum atomic E-state index is 13.1. The monoisotopic (exact) mass is 175 g/mol. The molecule has 1 amide bonds. The fourth-order valence-corrected chi connectivity index (χ4v) is 1.99. The van der Waals surface area contributed by atoms with E-state index in [0.29, 0.717) is 19.3 Å². The van der Waals surface area contributed by atoms with Crippen molar-refractivity contribution in [3.8, 4) is 0 Å². The molecule has 3 aliphatic rings. The Morgan fingerprint density at radius 3 is 2.75 bits per heavy atom. The van der Waals surface area contributed by atoms with E-state index in [-0.39, 0.29) is 18.2 Å². The van der Waals surface area contributed by atoms with E-state index in [9.17, 15) is 13.6 Å². The number of nitrogens with one attached hydrogen (secondary N) is 1. The highest BCUT2D eigenvalue weighted by Gasteiger charge is 2.47. The van der Waals surface area contributed by atoms with Crippen LogP contribution >= 0.6 is 0 Å². The Morgan fingerprint density at radius 2 is 2.08 bits per heavy atom. The van der Waals surface area contributed by atoms with Crippen LogP contribution in [0.4, 0.5) is 8.78 Å². The van der Waals surface area contributed by atoms with E-state index < -0.39 is 12.0 Å². The van der Waals surface area contributed by atoms with Crippen LogP contribution in [-0.2, 0) is 4.79 Å². The molecule has 1 saturated carbocycles. The maximum Gasteiger partial charge on any atom is 0.267 e. The quantitative estimate of drug-likeness (QED) is 0.591. The van der Waals surface area contributed by atoms with Crippen molar-refractivity contribution < 1.29 is 13.6 Å². The highest BCUT2D eigenvalue weighted by Crippen LogP contribution is 2.38. The number of halogens is 2. The van der Waals surface area contributed by atoms with Crippen molar-refractivity contribution in [3.05, 3.63) is 0 Å². The summed E-state index contributed by atoms with van der Waals surface area (Å²) in [4.78, 5) is 11.1. The molecule has 12 heavy (non-hydrogen) atoms. The van der Waals surface area contributed by atoms with E-state index in [1.807, 2.05) is 0 Å². The minimum absolute atomic E-state index is 0.138. The van der Waals surface area contributed by atoms with Crippen LogP contribution in [-0.4, -0.2) is 17.9 Å². The van der Waals surface area contributed by atoms with Crippen molar-refractivity contribution in [2.45, 2.75) is 37.6 Å². The predicted molar refractivity (Wildman–Crippen MR) is 38.8 cm³/mol. The molecule has 0 radical (unpaired) electrons. The number of rotatable bonds is 0. The van der Waals surface area contributed by atoms with E-state index in [2.05, 4.69) is 5.32 Å². The smallest absolute Gasteiger partial charge is 0.267 e. The first-order chi connectivity index (χ1) is 5.59. The van der Waals surface area contributed by atoms with Gasteiger partial charge in [-0.15, -0.1) is 0 Å². The second-order valence-corrected chi connectivity index (χ2v) is 3.64. The third-order valence-corrected chi connectivity index (χ3v) is 2.83. The molecule has 2 aliphatic heterocycles. The van der Waals surface area contributed by atoms with Crippen molar-refractivity contribution in [1.29, 1.82) is 0 Å². The third-order valence-electron chi connectivity index (χ3n) is 2.83. The molecule has 68 valence electrons. The lowest BCUT2D eigenvalue weighted by Crippen LogP contribution is -2.49. The zero-order chi connectivity index (χ0) is 8.77. The molecular formula is C8H11F2NO. The molecule has 3 fully saturated rings. The van der Waals surface area contributed by atoms with Crippen LogP contribution in [0.2, 0.25) is 0 Å². The summed E-state index contributed by atoms with van der Waals surface area (Å²) in [6, 6.07) is -0.899. The third kappa shape index (κ3) is 1.09. The van der Waals surface area contributed by atoms with E-state index in [1.165, 1.54) is 0 Å². The highest BCUT2D eigenvalue weighted by atomic mass is 19.3. The number of alkyl halides is 2. The van der Waals surface area contributed by atoms with Gasteiger partial charge in [0.25, 0.3) is 5.92 Å². The number of piperidine rings is 1. The van der Waals surface area contributed by atoms with Gasteiger partial charge in [0.1, 0.15) is 0 Å². The van der Waals surface area contributed by atoms with Gasteiger partial charge in [0.05, 0.1) is 6.04 Å². The number of amides is 1. The summed E-state index contributed by atoms with van der Waals surface area (Å²) < 4.78 is 26.2. The van der Waals surface area contributed by atoms with Crippen LogP contribution in [0.5, 0.6) is 0 Å². The summed E-state index contributed by atoms with van der Waals surface area (Å²) in [5, 5.41) is 2.38. The second kappa shape index (κ2) is 2.41. The Morgan fingerprint density at radius 1 is 1.33 bits per heavy atom. The summed E-state index contributed by atoms with van der Waals surface area (Å²) in [6.45, 7) is 0. The van der Waals surface area contributed by atoms with Gasteiger partial charge < -0.3 is 5.32 Å². The molecule has 0 aromatic carbocycles. The summed E-state index contributed by atoms with van der Waals surface area (Å²) >= 11 is 0. The number of fused-ring (bicyclic) bond motifs is 4. The number of hydrogen-bond donors (Lipinski definition) is 1. The summed E-state index contributed by atoms with van der Waals surface area (Å²) in [7, 11) is 0. The number of hydrogen-bond acceptors (Lipinski definition) is 1. The Labute approximate surface area is 69.3 Å². The van der Waals surface area contributed by atoms with Crippen LogP contribution in [0.25, 0.3) is 0 Å². The lowest BCUT2D eigenvalue weighted by molar-refractivity contribution is -0.129. The molecule has 0 aromatic rings. The molecule has 2 unspecified atom stereocenters. The van der Waals surface area contributed by atoms with Gasteiger partial charge in [0, 0.05) is 12.3 Å². The molecule has 4 heteroatoms. The Kier molecular flexibility index (Phi) is 1.59. The van der Waals surface area contributed by atoms with Gasteiger partial charge in [-0.3, -0.25) is 4.79 Å². The van der Waals surface area contributed by atoms with Crippen molar-refractivity contribution in [2.24, 2.45) is 5.92 Å². The Balaban J connectivity index is 2.24. The molecular weight excluding hydrogens is 164 g/mol. The van der Waals surface area contributed by atoms with Crippen molar-refractivity contribution in [1.82, 2.24) is 5.32 Å². The van der Waals surface area contributed by atoms with E-state index in [4.69, 9.17) is 0 Å². The van der Waals surface area contributed by atoms with Crippen LogP contribution in [0.15, 0.2) is 0 Å². The van der Waals surface area contributed by atoms with Crippen LogP contribution in [0.1, 0.15) is 25.7 Å². The molecule has 2 bridgehead atoms. The summed E-state index contributed by atoms with van der Waals surface area (Å²) in [5.74, 6) is -3.01. The number of carbonyl (C=O) groups is 1. The van der Waals surface area contributed by atoms with E-state index >= 15 is 0 Å². The predicted octanol–water partition coefficient (Wildman–Crippen LogP) is 1.31. The lowest BCUT2D eigenvalue weighted by atomic mass is 9.96. The van der Waals surface area contributed by atoms with Gasteiger partial charge in [-0.25, -0.2) is 8.78 Å². The largest absolute Gasteiger partial charge is 0.347 e. The first kappa shape index (κ1) is 7.95. The fourth-order valence-electron chi connectivity index (χ4n) is 1.99. The molecule has 1 aliphatic carbocycles. The number of carbonyl (C=O) groups excluding carboxylic acids is 1. The molecule has 2 heterocycles. The Bertz CT molecular complexity index is 217. The van der Waals surface area contributed by atoms with Gasteiger partial charge >= 0.3 is 0 Å². The van der Waals surface area contributed by atoms with Crippen molar-refractivity contribution in [2.75, 3.05) is 0 Å². The molecule has 0 aromatic heterocycles. The topological polar surface area (TPSA) is 29.1 Å². The lowest BCUT2D eigenvalue weighted by Gasteiger charge is -2.27. The van der Waals surface area contributed by atoms with Gasteiger partial charge in [-0.2, -0.15) is 0 Å². The standard InChI is InChI=1S/C8H11F2NO/c9-8(10)4-3-5-1-2-6(8)11-7(5)12/h5-6H,1-4H2,(H,11,12). The van der Waals surface area contributed by atoms with Gasteiger partial charge in [0.2, 0.25) is 5.91 Å². The first-order valence-corrected chi connectivity index (χ1v) is 4.28. The van der Waals surface area contributed by atoms with E-state index in [1.54, 1.807) is 0 Å². The van der Waals surface area contributed by atoms with Crippen LogP contribution in [0, 0.1) is 5.92 Å². The zero-order valence-electron chi connectivity index (χ0n) is 6.65. The normalized spacial score (nSPS) is 39.0. The average Bonchev–Trinajstić information content (AvgIpc) is 2.19. The van der Waals surface area contributed by atoms with Gasteiger partial charge in [-0.1, -0.05) is 0 Å². The fraction of sp³-hybridized carbons (Fsp3) is 0.875. The van der Waals surface area contributed by atoms with Crippen LogP contribution in [0.3, 0.4) is 0 Å².